The van der Waals surface area contributed by atoms with Crippen LogP contribution in [0.15, 0.2) is 24.3 Å². The SMILES string of the molecule is COC(=O)Nc1cccc(I)c1. The second-order valence-corrected chi connectivity index (χ2v) is 3.37. The number of nitrogens with one attached hydrogen (secondary N) is 1. The highest BCUT2D eigenvalue weighted by atomic mass is 127. The quantitative estimate of drug-likeness (QED) is 0.801. The van der Waals surface area contributed by atoms with Crippen LogP contribution in [0.1, 0.15) is 0 Å². The molecule has 64 valence electrons. The second-order valence-electron chi connectivity index (χ2n) is 2.13. The van der Waals surface area contributed by atoms with E-state index >= 15 is 0 Å². The van der Waals surface area contributed by atoms with Crippen LogP contribution in [0.2, 0.25) is 0 Å². The van der Waals surface area contributed by atoms with Gasteiger partial charge in [0.2, 0.25) is 0 Å². The first kappa shape index (κ1) is 9.31. The summed E-state index contributed by atoms with van der Waals surface area (Å²) in [6, 6.07) is 7.48. The number of hydrogen-bond donors (Lipinski definition) is 1. The minimum absolute atomic E-state index is 0.447. The van der Waals surface area contributed by atoms with Crippen molar-refractivity contribution in [2.24, 2.45) is 0 Å². The molecule has 0 unspecified atom stereocenters. The zero-order valence-electron chi connectivity index (χ0n) is 6.50. The maximum absolute atomic E-state index is 10.8. The lowest BCUT2D eigenvalue weighted by Gasteiger charge is -2.02. The number of halogens is 1. The summed E-state index contributed by atoms with van der Waals surface area (Å²) in [6.07, 6.45) is -0.447. The third-order valence-corrected chi connectivity index (χ3v) is 1.93. The lowest BCUT2D eigenvalue weighted by atomic mass is 10.3. The monoisotopic (exact) mass is 277 g/mol. The molecule has 0 heterocycles. The highest BCUT2D eigenvalue weighted by Gasteiger charge is 1.99. The van der Waals surface area contributed by atoms with Crippen molar-refractivity contribution in [3.05, 3.63) is 27.8 Å². The normalized spacial score (nSPS) is 9.17. The molecule has 0 bridgehead atoms. The van der Waals surface area contributed by atoms with Gasteiger partial charge in [0, 0.05) is 9.26 Å². The Hall–Kier alpha value is -0.780. The molecule has 1 amide bonds. The van der Waals surface area contributed by atoms with Crippen LogP contribution >= 0.6 is 22.6 Å². The highest BCUT2D eigenvalue weighted by Crippen LogP contribution is 2.12. The maximum atomic E-state index is 10.8. The topological polar surface area (TPSA) is 38.3 Å². The molecule has 0 aliphatic heterocycles. The number of methoxy groups -OCH3 is 1. The fourth-order valence-electron chi connectivity index (χ4n) is 0.735. The van der Waals surface area contributed by atoms with Crippen molar-refractivity contribution in [3.8, 4) is 0 Å². The summed E-state index contributed by atoms with van der Waals surface area (Å²) >= 11 is 2.17. The van der Waals surface area contributed by atoms with Gasteiger partial charge >= 0.3 is 6.09 Å². The van der Waals surface area contributed by atoms with Gasteiger partial charge in [0.15, 0.2) is 0 Å². The van der Waals surface area contributed by atoms with Gasteiger partial charge in [-0.3, -0.25) is 5.32 Å². The van der Waals surface area contributed by atoms with E-state index in [1.54, 1.807) is 6.07 Å². The van der Waals surface area contributed by atoms with Gasteiger partial charge in [-0.25, -0.2) is 4.79 Å². The number of rotatable bonds is 1. The fourth-order valence-corrected chi connectivity index (χ4v) is 1.28. The van der Waals surface area contributed by atoms with Gasteiger partial charge in [-0.2, -0.15) is 0 Å². The lowest BCUT2D eigenvalue weighted by Crippen LogP contribution is -2.10. The van der Waals surface area contributed by atoms with E-state index in [-0.39, 0.29) is 0 Å². The van der Waals surface area contributed by atoms with E-state index in [0.717, 1.165) is 9.26 Å². The average molecular weight is 277 g/mol. The molecule has 4 heteroatoms. The highest BCUT2D eigenvalue weighted by molar-refractivity contribution is 14.1. The van der Waals surface area contributed by atoms with Gasteiger partial charge in [0.25, 0.3) is 0 Å². The first-order valence-electron chi connectivity index (χ1n) is 3.33. The number of anilines is 1. The van der Waals surface area contributed by atoms with Crippen molar-refractivity contribution in [3.63, 3.8) is 0 Å². The number of hydrogen-bond acceptors (Lipinski definition) is 2. The van der Waals surface area contributed by atoms with Gasteiger partial charge in [-0.05, 0) is 40.8 Å². The van der Waals surface area contributed by atoms with Crippen LogP contribution in [0.25, 0.3) is 0 Å². The van der Waals surface area contributed by atoms with E-state index in [0.29, 0.717) is 0 Å². The van der Waals surface area contributed by atoms with Crippen LogP contribution in [0, 0.1) is 3.57 Å². The summed E-state index contributed by atoms with van der Waals surface area (Å²) in [4.78, 5) is 10.8. The van der Waals surface area contributed by atoms with Gasteiger partial charge in [0.05, 0.1) is 7.11 Å². The Balaban J connectivity index is 2.69. The van der Waals surface area contributed by atoms with E-state index in [9.17, 15) is 4.79 Å². The van der Waals surface area contributed by atoms with Gasteiger partial charge in [-0.1, -0.05) is 6.07 Å². The smallest absolute Gasteiger partial charge is 0.411 e. The minimum Gasteiger partial charge on any atom is -0.453 e. The van der Waals surface area contributed by atoms with Crippen LogP contribution in [-0.2, 0) is 4.74 Å². The predicted molar refractivity (Wildman–Crippen MR) is 55.2 cm³/mol. The summed E-state index contributed by atoms with van der Waals surface area (Å²) in [5.41, 5.74) is 0.744. The third kappa shape index (κ3) is 2.69. The number of ether oxygens (including phenoxy) is 1. The summed E-state index contributed by atoms with van der Waals surface area (Å²) in [7, 11) is 1.34. The van der Waals surface area contributed by atoms with Crippen LogP contribution in [0.5, 0.6) is 0 Å². The van der Waals surface area contributed by atoms with Crippen LogP contribution in [0.4, 0.5) is 10.5 Å². The molecule has 0 aromatic heterocycles. The molecule has 0 fully saturated rings. The van der Waals surface area contributed by atoms with E-state index in [1.165, 1.54) is 7.11 Å². The van der Waals surface area contributed by atoms with Crippen molar-refractivity contribution < 1.29 is 9.53 Å². The molecule has 1 N–H and O–H groups in total. The van der Waals surface area contributed by atoms with E-state index in [2.05, 4.69) is 32.6 Å². The number of benzene rings is 1. The maximum Gasteiger partial charge on any atom is 0.411 e. The Labute approximate surface area is 84.2 Å². The van der Waals surface area contributed by atoms with E-state index < -0.39 is 6.09 Å². The van der Waals surface area contributed by atoms with Gasteiger partial charge in [0.1, 0.15) is 0 Å². The van der Waals surface area contributed by atoms with Crippen molar-refractivity contribution in [1.29, 1.82) is 0 Å². The summed E-state index contributed by atoms with van der Waals surface area (Å²) in [5, 5.41) is 2.57. The van der Waals surface area contributed by atoms with Crippen molar-refractivity contribution in [2.45, 2.75) is 0 Å². The molecule has 12 heavy (non-hydrogen) atoms. The zero-order valence-corrected chi connectivity index (χ0v) is 8.66. The lowest BCUT2D eigenvalue weighted by molar-refractivity contribution is 0.187. The predicted octanol–water partition coefficient (Wildman–Crippen LogP) is 2.47. The fraction of sp³-hybridized carbons (Fsp3) is 0.125. The Morgan fingerprint density at radius 1 is 1.58 bits per heavy atom. The molecule has 0 aliphatic rings. The number of amides is 1. The zero-order chi connectivity index (χ0) is 8.97. The number of carbonyl (C=O) groups excluding carboxylic acids is 1. The summed E-state index contributed by atoms with van der Waals surface area (Å²) < 4.78 is 5.51. The summed E-state index contributed by atoms with van der Waals surface area (Å²) in [6.45, 7) is 0. The molecule has 1 rings (SSSR count). The van der Waals surface area contributed by atoms with Crippen molar-refractivity contribution in [2.75, 3.05) is 12.4 Å². The second kappa shape index (κ2) is 4.30. The van der Waals surface area contributed by atoms with Gasteiger partial charge < -0.3 is 4.74 Å². The van der Waals surface area contributed by atoms with Crippen molar-refractivity contribution >= 4 is 34.4 Å². The molecule has 0 saturated heterocycles. The largest absolute Gasteiger partial charge is 0.453 e. The Morgan fingerprint density at radius 3 is 2.92 bits per heavy atom. The first-order valence-corrected chi connectivity index (χ1v) is 4.41. The van der Waals surface area contributed by atoms with Gasteiger partial charge in [-0.15, -0.1) is 0 Å². The van der Waals surface area contributed by atoms with E-state index in [1.807, 2.05) is 18.2 Å². The van der Waals surface area contributed by atoms with Crippen LogP contribution < -0.4 is 5.32 Å². The molecular weight excluding hydrogens is 269 g/mol. The minimum atomic E-state index is -0.447. The molecule has 0 aliphatic carbocycles. The van der Waals surface area contributed by atoms with Crippen LogP contribution in [0.3, 0.4) is 0 Å². The molecule has 1 aromatic carbocycles. The molecule has 0 saturated carbocycles. The standard InChI is InChI=1S/C8H8INO2/c1-12-8(11)10-7-4-2-3-6(9)5-7/h2-5H,1H3,(H,10,11). The molecular formula is C8H8INO2. The molecule has 1 aromatic rings. The summed E-state index contributed by atoms with van der Waals surface area (Å²) in [5.74, 6) is 0. The number of carbonyl (C=O) groups is 1. The Kier molecular flexibility index (Phi) is 3.33. The Bertz CT molecular complexity index is 288. The Morgan fingerprint density at radius 2 is 2.33 bits per heavy atom. The van der Waals surface area contributed by atoms with Crippen molar-refractivity contribution in [1.82, 2.24) is 0 Å². The third-order valence-electron chi connectivity index (χ3n) is 1.26. The molecule has 0 radical (unpaired) electrons. The molecule has 0 atom stereocenters. The van der Waals surface area contributed by atoms with E-state index in [4.69, 9.17) is 0 Å². The first-order chi connectivity index (χ1) is 5.72. The molecule has 0 spiro atoms. The molecule has 3 nitrogen and oxygen atoms in total. The van der Waals surface area contributed by atoms with Crippen LogP contribution in [-0.4, -0.2) is 13.2 Å². The average Bonchev–Trinajstić information content (AvgIpc) is 2.04.